The number of amides is 1. The van der Waals surface area contributed by atoms with E-state index in [2.05, 4.69) is 14.9 Å². The lowest BCUT2D eigenvalue weighted by Gasteiger charge is -2.32. The second kappa shape index (κ2) is 9.51. The zero-order valence-corrected chi connectivity index (χ0v) is 18.3. The van der Waals surface area contributed by atoms with Crippen molar-refractivity contribution < 1.29 is 19.8 Å². The molecule has 2 heterocycles. The number of H-pyrrole nitrogens is 1. The molecule has 1 amide bonds. The summed E-state index contributed by atoms with van der Waals surface area (Å²) >= 11 is 0. The maximum absolute atomic E-state index is 13.2. The Morgan fingerprint density at radius 2 is 2.09 bits per heavy atom. The summed E-state index contributed by atoms with van der Waals surface area (Å²) < 4.78 is 0. The molecule has 0 saturated carbocycles. The monoisotopic (exact) mass is 450 g/mol. The molecule has 0 spiro atoms. The number of aromatic amines is 1. The number of likely N-dealkylation sites (N-methyl/N-ethyl adjacent to an activating group) is 1. The lowest BCUT2D eigenvalue weighted by molar-refractivity contribution is -0.131. The van der Waals surface area contributed by atoms with E-state index in [-0.39, 0.29) is 29.5 Å². The average Bonchev–Trinajstić information content (AvgIpc) is 3.21. The van der Waals surface area contributed by atoms with Crippen molar-refractivity contribution in [2.45, 2.75) is 25.0 Å². The average molecular weight is 450 g/mol. The number of carbonyl (C=O) groups excluding carboxylic acids is 1. The van der Waals surface area contributed by atoms with E-state index in [1.807, 2.05) is 6.07 Å². The third-order valence-corrected chi connectivity index (χ3v) is 6.05. The van der Waals surface area contributed by atoms with Crippen LogP contribution in [0.1, 0.15) is 33.9 Å². The van der Waals surface area contributed by atoms with Gasteiger partial charge < -0.3 is 20.1 Å². The van der Waals surface area contributed by atoms with Gasteiger partial charge in [0.1, 0.15) is 0 Å². The van der Waals surface area contributed by atoms with Crippen LogP contribution >= 0.6 is 0 Å². The van der Waals surface area contributed by atoms with E-state index in [1.54, 1.807) is 42.3 Å². The molecule has 1 aliphatic heterocycles. The van der Waals surface area contributed by atoms with E-state index >= 15 is 0 Å². The molecule has 1 saturated heterocycles. The number of carboxylic acid groups (broad SMARTS) is 1. The van der Waals surface area contributed by atoms with Gasteiger partial charge in [0.15, 0.2) is 0 Å². The van der Waals surface area contributed by atoms with Crippen LogP contribution in [0.25, 0.3) is 11.0 Å². The molecule has 2 atom stereocenters. The predicted molar refractivity (Wildman–Crippen MR) is 122 cm³/mol. The SMILES string of the molecule is CN(C(=O)Cc1ccc2ncc(=O)[nH]c2c1)[C@H](CN1CC[C@H](O)C1)c1cccc(C(=O)O)c1. The summed E-state index contributed by atoms with van der Waals surface area (Å²) in [5, 5.41) is 19.3. The van der Waals surface area contributed by atoms with Crippen molar-refractivity contribution in [1.82, 2.24) is 19.8 Å². The first kappa shape index (κ1) is 22.6. The van der Waals surface area contributed by atoms with Gasteiger partial charge in [-0.25, -0.2) is 9.78 Å². The molecule has 9 nitrogen and oxygen atoms in total. The van der Waals surface area contributed by atoms with E-state index in [0.717, 1.165) is 11.1 Å². The molecule has 0 bridgehead atoms. The smallest absolute Gasteiger partial charge is 0.335 e. The van der Waals surface area contributed by atoms with E-state index in [0.29, 0.717) is 37.1 Å². The highest BCUT2D eigenvalue weighted by molar-refractivity contribution is 5.88. The van der Waals surface area contributed by atoms with Crippen LogP contribution in [0.15, 0.2) is 53.5 Å². The third kappa shape index (κ3) is 5.27. The van der Waals surface area contributed by atoms with Crippen LogP contribution in [0.4, 0.5) is 0 Å². The van der Waals surface area contributed by atoms with Gasteiger partial charge in [0.2, 0.25) is 5.91 Å². The molecule has 3 N–H and O–H groups in total. The molecular weight excluding hydrogens is 424 g/mol. The number of fused-ring (bicyclic) bond motifs is 1. The molecule has 1 aromatic heterocycles. The number of benzene rings is 2. The Hall–Kier alpha value is -3.56. The van der Waals surface area contributed by atoms with Crippen molar-refractivity contribution in [2.75, 3.05) is 26.7 Å². The summed E-state index contributed by atoms with van der Waals surface area (Å²) in [6, 6.07) is 11.5. The largest absolute Gasteiger partial charge is 0.478 e. The summed E-state index contributed by atoms with van der Waals surface area (Å²) in [6.45, 7) is 1.71. The first-order valence-electron chi connectivity index (χ1n) is 10.8. The highest BCUT2D eigenvalue weighted by Gasteiger charge is 2.28. The Bertz CT molecular complexity index is 1240. The standard InChI is InChI=1S/C24H26N4O5/c1-27(23(31)10-15-5-6-19-20(9-15)26-22(30)12-25-19)21(14-28-8-7-18(29)13-28)16-3-2-4-17(11-16)24(32)33/h2-6,9,11-12,18,21,29H,7-8,10,13-14H2,1H3,(H,26,30)(H,32,33)/t18-,21+/m0/s1. The lowest BCUT2D eigenvalue weighted by Crippen LogP contribution is -2.39. The number of nitrogens with zero attached hydrogens (tertiary/aromatic N) is 3. The van der Waals surface area contributed by atoms with Crippen molar-refractivity contribution in [3.05, 3.63) is 75.7 Å². The van der Waals surface area contributed by atoms with E-state index < -0.39 is 12.1 Å². The number of likely N-dealkylation sites (tertiary alicyclic amines) is 1. The maximum Gasteiger partial charge on any atom is 0.335 e. The summed E-state index contributed by atoms with van der Waals surface area (Å²) in [4.78, 5) is 46.8. The summed E-state index contributed by atoms with van der Waals surface area (Å²) in [7, 11) is 1.71. The molecule has 3 aromatic rings. The minimum Gasteiger partial charge on any atom is -0.478 e. The number of rotatable bonds is 7. The predicted octanol–water partition coefficient (Wildman–Crippen LogP) is 1.43. The molecule has 2 aromatic carbocycles. The van der Waals surface area contributed by atoms with Crippen molar-refractivity contribution in [1.29, 1.82) is 0 Å². The topological polar surface area (TPSA) is 127 Å². The van der Waals surface area contributed by atoms with Crippen LogP contribution < -0.4 is 5.56 Å². The molecule has 4 rings (SSSR count). The maximum atomic E-state index is 13.2. The number of hydrogen-bond donors (Lipinski definition) is 3. The van der Waals surface area contributed by atoms with Crippen LogP contribution in [-0.4, -0.2) is 74.6 Å². The number of aromatic carboxylic acids is 1. The van der Waals surface area contributed by atoms with Crippen molar-refractivity contribution in [3.63, 3.8) is 0 Å². The summed E-state index contributed by atoms with van der Waals surface area (Å²) in [5.74, 6) is -1.17. The van der Waals surface area contributed by atoms with Gasteiger partial charge in [-0.3, -0.25) is 14.5 Å². The zero-order valence-electron chi connectivity index (χ0n) is 18.3. The summed E-state index contributed by atoms with van der Waals surface area (Å²) in [5.41, 5.74) is 2.50. The molecule has 0 unspecified atom stereocenters. The Labute approximate surface area is 190 Å². The number of aliphatic hydroxyl groups excluding tert-OH is 1. The fraction of sp³-hybridized carbons (Fsp3) is 0.333. The number of nitrogens with one attached hydrogen (secondary N) is 1. The Morgan fingerprint density at radius 3 is 2.82 bits per heavy atom. The summed E-state index contributed by atoms with van der Waals surface area (Å²) in [6.07, 6.45) is 1.60. The molecule has 1 aliphatic rings. The van der Waals surface area contributed by atoms with Crippen molar-refractivity contribution in [2.24, 2.45) is 0 Å². The molecule has 33 heavy (non-hydrogen) atoms. The number of hydrogen-bond acceptors (Lipinski definition) is 6. The van der Waals surface area contributed by atoms with E-state index in [9.17, 15) is 24.6 Å². The molecule has 172 valence electrons. The Morgan fingerprint density at radius 1 is 1.27 bits per heavy atom. The molecular formula is C24H26N4O5. The first-order valence-corrected chi connectivity index (χ1v) is 10.8. The Kier molecular flexibility index (Phi) is 6.52. The number of carbonyl (C=O) groups is 2. The highest BCUT2D eigenvalue weighted by Crippen LogP contribution is 2.25. The van der Waals surface area contributed by atoms with Crippen molar-refractivity contribution in [3.8, 4) is 0 Å². The van der Waals surface area contributed by atoms with Crippen LogP contribution in [0.2, 0.25) is 0 Å². The fourth-order valence-corrected chi connectivity index (χ4v) is 4.23. The van der Waals surface area contributed by atoms with Gasteiger partial charge in [0.05, 0.1) is 41.4 Å². The molecule has 1 fully saturated rings. The van der Waals surface area contributed by atoms with Gasteiger partial charge in [-0.2, -0.15) is 0 Å². The number of aliphatic hydroxyl groups is 1. The lowest BCUT2D eigenvalue weighted by atomic mass is 10.0. The number of aromatic nitrogens is 2. The van der Waals surface area contributed by atoms with Crippen LogP contribution in [0.3, 0.4) is 0 Å². The van der Waals surface area contributed by atoms with Crippen LogP contribution in [0.5, 0.6) is 0 Å². The Balaban J connectivity index is 1.58. The van der Waals surface area contributed by atoms with E-state index in [1.165, 1.54) is 12.3 Å². The van der Waals surface area contributed by atoms with Gasteiger partial charge in [0, 0.05) is 26.7 Å². The second-order valence-corrected chi connectivity index (χ2v) is 8.43. The van der Waals surface area contributed by atoms with Gasteiger partial charge in [-0.1, -0.05) is 18.2 Å². The fourth-order valence-electron chi connectivity index (χ4n) is 4.23. The first-order chi connectivity index (χ1) is 15.8. The van der Waals surface area contributed by atoms with Gasteiger partial charge in [0.25, 0.3) is 5.56 Å². The quantitative estimate of drug-likeness (QED) is 0.497. The van der Waals surface area contributed by atoms with Crippen LogP contribution in [-0.2, 0) is 11.2 Å². The van der Waals surface area contributed by atoms with Gasteiger partial charge in [-0.15, -0.1) is 0 Å². The van der Waals surface area contributed by atoms with E-state index in [4.69, 9.17) is 0 Å². The molecule has 0 radical (unpaired) electrons. The molecule has 9 heteroatoms. The molecule has 0 aliphatic carbocycles. The zero-order chi connectivity index (χ0) is 23.5. The number of β-amino-alcohol motifs (C(OH)–C–C–N with tert-alkyl or cyclic N) is 1. The second-order valence-electron chi connectivity index (χ2n) is 8.43. The normalized spacial score (nSPS) is 17.2. The number of carboxylic acids is 1. The minimum absolute atomic E-state index is 0.112. The highest BCUT2D eigenvalue weighted by atomic mass is 16.4. The van der Waals surface area contributed by atoms with Crippen molar-refractivity contribution >= 4 is 22.9 Å². The van der Waals surface area contributed by atoms with Crippen LogP contribution in [0, 0.1) is 0 Å². The minimum atomic E-state index is -1.03. The van der Waals surface area contributed by atoms with Gasteiger partial charge >= 0.3 is 5.97 Å². The third-order valence-electron chi connectivity index (χ3n) is 6.05. The van der Waals surface area contributed by atoms with Gasteiger partial charge in [-0.05, 0) is 41.8 Å².